The van der Waals surface area contributed by atoms with Crippen LogP contribution >= 0.6 is 11.6 Å². The zero-order valence-electron chi connectivity index (χ0n) is 11.0. The zero-order chi connectivity index (χ0) is 15.8. The van der Waals surface area contributed by atoms with Gasteiger partial charge in [0.15, 0.2) is 11.0 Å². The van der Waals surface area contributed by atoms with Gasteiger partial charge in [-0.2, -0.15) is 18.3 Å². The fraction of sp³-hybridized carbons (Fsp3) is 0.385. The molecular formula is C13H12ClF4N3. The maximum atomic E-state index is 14.1. The Kier molecular flexibility index (Phi) is 4.22. The van der Waals surface area contributed by atoms with Gasteiger partial charge in [0.05, 0.1) is 5.56 Å². The fourth-order valence-corrected chi connectivity index (χ4v) is 2.51. The number of hydrogen-bond donors (Lipinski definition) is 1. The number of rotatable bonds is 0. The summed E-state index contributed by atoms with van der Waals surface area (Å²) in [5, 5.41) is 3.30. The summed E-state index contributed by atoms with van der Waals surface area (Å²) in [6, 6.07) is 1.95. The highest BCUT2D eigenvalue weighted by Gasteiger charge is 2.36. The van der Waals surface area contributed by atoms with Crippen molar-refractivity contribution in [1.29, 1.82) is 0 Å². The number of alkyl halides is 3. The number of halogens is 5. The lowest BCUT2D eigenvalue weighted by molar-refractivity contribution is -0.139. The molecule has 1 heterocycles. The van der Waals surface area contributed by atoms with Gasteiger partial charge in [0.2, 0.25) is 0 Å². The first-order valence-electron chi connectivity index (χ1n) is 6.16. The quantitative estimate of drug-likeness (QED) is 0.438. The van der Waals surface area contributed by atoms with Crippen LogP contribution in [0.5, 0.6) is 0 Å². The topological polar surface area (TPSA) is 50.7 Å². The predicted molar refractivity (Wildman–Crippen MR) is 73.5 cm³/mol. The number of aryl methyl sites for hydroxylation is 1. The Labute approximate surface area is 123 Å². The van der Waals surface area contributed by atoms with E-state index in [2.05, 4.69) is 10.1 Å². The van der Waals surface area contributed by atoms with Crippen molar-refractivity contribution >= 4 is 28.2 Å². The summed E-state index contributed by atoms with van der Waals surface area (Å²) >= 11 is 5.91. The molecule has 1 aliphatic heterocycles. The average Bonchev–Trinajstić information content (AvgIpc) is 2.37. The molecule has 1 aromatic rings. The third-order valence-electron chi connectivity index (χ3n) is 3.38. The van der Waals surface area contributed by atoms with Crippen LogP contribution in [-0.2, 0) is 12.6 Å². The van der Waals surface area contributed by atoms with Crippen LogP contribution in [0.15, 0.2) is 22.2 Å². The number of fused-ring (bicyclic) bond motifs is 1. The first-order valence-corrected chi connectivity index (χ1v) is 6.54. The van der Waals surface area contributed by atoms with Crippen molar-refractivity contribution in [3.8, 4) is 0 Å². The SMILES string of the molecule is CC1CCc2ccc(C(F)(F)F)c(F)c2N=C(Cl)/C1=N/N. The zero-order valence-corrected chi connectivity index (χ0v) is 11.8. The first kappa shape index (κ1) is 15.8. The van der Waals surface area contributed by atoms with Gasteiger partial charge in [0.25, 0.3) is 0 Å². The van der Waals surface area contributed by atoms with Gasteiger partial charge in [-0.25, -0.2) is 9.38 Å². The maximum Gasteiger partial charge on any atom is 0.419 e. The van der Waals surface area contributed by atoms with Crippen LogP contribution < -0.4 is 5.84 Å². The van der Waals surface area contributed by atoms with Gasteiger partial charge in [-0.3, -0.25) is 0 Å². The lowest BCUT2D eigenvalue weighted by Crippen LogP contribution is -2.22. The standard InChI is InChI=1S/C13H12ClF4N3/c1-6-2-3-7-4-5-8(13(16,17)18)9(15)11(7)20-12(14)10(6)21-19/h4-6H,2-3,19H2,1H3/b20-12?,21-10+. The highest BCUT2D eigenvalue weighted by molar-refractivity contribution is 6.84. The Morgan fingerprint density at radius 3 is 2.62 bits per heavy atom. The van der Waals surface area contributed by atoms with Crippen molar-refractivity contribution in [1.82, 2.24) is 0 Å². The second-order valence-electron chi connectivity index (χ2n) is 4.79. The minimum absolute atomic E-state index is 0.121. The minimum Gasteiger partial charge on any atom is -0.323 e. The van der Waals surface area contributed by atoms with E-state index in [0.29, 0.717) is 18.4 Å². The molecule has 1 aliphatic rings. The van der Waals surface area contributed by atoms with E-state index in [1.807, 2.05) is 6.92 Å². The van der Waals surface area contributed by atoms with E-state index in [1.165, 1.54) is 6.07 Å². The van der Waals surface area contributed by atoms with Crippen LogP contribution in [0.3, 0.4) is 0 Å². The van der Waals surface area contributed by atoms with Crippen molar-refractivity contribution in [2.45, 2.75) is 25.9 Å². The van der Waals surface area contributed by atoms with Crippen LogP contribution in [0.25, 0.3) is 0 Å². The van der Waals surface area contributed by atoms with Gasteiger partial charge in [0.1, 0.15) is 11.4 Å². The van der Waals surface area contributed by atoms with E-state index in [9.17, 15) is 17.6 Å². The number of hydrogen-bond acceptors (Lipinski definition) is 3. The Morgan fingerprint density at radius 2 is 2.05 bits per heavy atom. The molecule has 0 spiro atoms. The smallest absolute Gasteiger partial charge is 0.323 e. The Hall–Kier alpha value is -1.63. The molecule has 114 valence electrons. The van der Waals surface area contributed by atoms with E-state index in [1.54, 1.807) is 0 Å². The molecule has 3 nitrogen and oxygen atoms in total. The first-order chi connectivity index (χ1) is 9.75. The van der Waals surface area contributed by atoms with E-state index in [0.717, 1.165) is 6.07 Å². The maximum absolute atomic E-state index is 14.1. The summed E-state index contributed by atoms with van der Waals surface area (Å²) in [4.78, 5) is 3.77. The van der Waals surface area contributed by atoms with Crippen LogP contribution in [-0.4, -0.2) is 10.9 Å². The Morgan fingerprint density at radius 1 is 1.38 bits per heavy atom. The van der Waals surface area contributed by atoms with Crippen LogP contribution in [0, 0.1) is 11.7 Å². The van der Waals surface area contributed by atoms with E-state index < -0.39 is 23.2 Å². The Balaban J connectivity index is 2.65. The minimum atomic E-state index is -4.79. The highest BCUT2D eigenvalue weighted by atomic mass is 35.5. The molecule has 1 aromatic carbocycles. The van der Waals surface area contributed by atoms with Gasteiger partial charge in [-0.15, -0.1) is 0 Å². The fourth-order valence-electron chi connectivity index (χ4n) is 2.19. The molecule has 0 aliphatic carbocycles. The second kappa shape index (κ2) is 5.63. The van der Waals surface area contributed by atoms with Gasteiger partial charge in [0, 0.05) is 5.92 Å². The number of hydrazone groups is 1. The van der Waals surface area contributed by atoms with Crippen molar-refractivity contribution in [3.05, 3.63) is 29.1 Å². The molecule has 1 atom stereocenters. The van der Waals surface area contributed by atoms with Crippen LogP contribution in [0.4, 0.5) is 23.2 Å². The summed E-state index contributed by atoms with van der Waals surface area (Å²) in [6.45, 7) is 1.81. The molecule has 0 saturated heterocycles. The summed E-state index contributed by atoms with van der Waals surface area (Å²) in [5.41, 5.74) is -1.14. The number of nitrogens with two attached hydrogens (primary N) is 1. The second-order valence-corrected chi connectivity index (χ2v) is 5.15. The lowest BCUT2D eigenvalue weighted by Gasteiger charge is -2.19. The third kappa shape index (κ3) is 3.02. The van der Waals surface area contributed by atoms with Gasteiger partial charge >= 0.3 is 6.18 Å². The molecule has 0 radical (unpaired) electrons. The van der Waals surface area contributed by atoms with E-state index in [-0.39, 0.29) is 16.8 Å². The highest BCUT2D eigenvalue weighted by Crippen LogP contribution is 2.38. The molecule has 2 N–H and O–H groups in total. The summed E-state index contributed by atoms with van der Waals surface area (Å²) in [5.74, 6) is 3.66. The van der Waals surface area contributed by atoms with Gasteiger partial charge in [-0.1, -0.05) is 24.6 Å². The molecule has 21 heavy (non-hydrogen) atoms. The number of nitrogens with zero attached hydrogens (tertiary/aromatic N) is 2. The summed E-state index contributed by atoms with van der Waals surface area (Å²) in [6.07, 6.45) is -3.90. The molecule has 2 rings (SSSR count). The predicted octanol–water partition coefficient (Wildman–Crippen LogP) is 4.01. The van der Waals surface area contributed by atoms with Crippen molar-refractivity contribution in [2.24, 2.45) is 21.9 Å². The largest absolute Gasteiger partial charge is 0.419 e. The van der Waals surface area contributed by atoms with E-state index in [4.69, 9.17) is 17.4 Å². The van der Waals surface area contributed by atoms with Gasteiger partial charge < -0.3 is 5.84 Å². The van der Waals surface area contributed by atoms with Crippen molar-refractivity contribution < 1.29 is 17.6 Å². The van der Waals surface area contributed by atoms with Crippen LogP contribution in [0.2, 0.25) is 0 Å². The molecule has 8 heteroatoms. The molecule has 0 saturated carbocycles. The number of benzene rings is 1. The summed E-state index contributed by atoms with van der Waals surface area (Å²) in [7, 11) is 0. The molecule has 0 fully saturated rings. The molecule has 0 aromatic heterocycles. The molecule has 1 unspecified atom stereocenters. The lowest BCUT2D eigenvalue weighted by atomic mass is 9.94. The average molecular weight is 322 g/mol. The van der Waals surface area contributed by atoms with Crippen molar-refractivity contribution in [3.63, 3.8) is 0 Å². The molecule has 0 bridgehead atoms. The Bertz CT molecular complexity index is 623. The third-order valence-corrected chi connectivity index (χ3v) is 3.66. The molecular weight excluding hydrogens is 310 g/mol. The monoisotopic (exact) mass is 321 g/mol. The normalized spacial score (nSPS) is 21.5. The summed E-state index contributed by atoms with van der Waals surface area (Å²) < 4.78 is 52.3. The van der Waals surface area contributed by atoms with Crippen LogP contribution in [0.1, 0.15) is 24.5 Å². The molecule has 0 amide bonds. The van der Waals surface area contributed by atoms with E-state index >= 15 is 0 Å². The van der Waals surface area contributed by atoms with Gasteiger partial charge in [-0.05, 0) is 24.5 Å². The number of aliphatic imine (C=N–C) groups is 1. The van der Waals surface area contributed by atoms with Crippen molar-refractivity contribution in [2.75, 3.05) is 0 Å².